The molecular weight excluding hydrogens is 441 g/mol. The Kier molecular flexibility index (Phi) is 8.80. The van der Waals surface area contributed by atoms with E-state index in [2.05, 4.69) is 20.8 Å². The minimum atomic E-state index is -0.476. The van der Waals surface area contributed by atoms with Crippen LogP contribution in [0.1, 0.15) is 85.7 Å². The average Bonchev–Trinajstić information content (AvgIpc) is 2.85. The molecule has 1 heterocycles. The van der Waals surface area contributed by atoms with E-state index in [0.717, 1.165) is 23.2 Å². The van der Waals surface area contributed by atoms with E-state index in [0.29, 0.717) is 28.1 Å². The van der Waals surface area contributed by atoms with Crippen LogP contribution in [0.25, 0.3) is 17.2 Å². The molecule has 2 aromatic carbocycles. The predicted molar refractivity (Wildman–Crippen MR) is 139 cm³/mol. The summed E-state index contributed by atoms with van der Waals surface area (Å²) in [6, 6.07) is 14.1. The second-order valence-electron chi connectivity index (χ2n) is 9.07. The van der Waals surface area contributed by atoms with Crippen molar-refractivity contribution in [1.82, 2.24) is 4.98 Å². The van der Waals surface area contributed by atoms with Gasteiger partial charge in [-0.25, -0.2) is 9.18 Å². The topological polar surface area (TPSA) is 48.4 Å². The summed E-state index contributed by atoms with van der Waals surface area (Å²) in [5.41, 5.74) is 4.99. The van der Waals surface area contributed by atoms with Crippen LogP contribution in [-0.4, -0.2) is 18.1 Å². The van der Waals surface area contributed by atoms with E-state index in [1.54, 1.807) is 6.07 Å². The average molecular weight is 476 g/mol. The van der Waals surface area contributed by atoms with Crippen LogP contribution in [0.5, 0.6) is 5.75 Å². The molecule has 0 saturated carbocycles. The van der Waals surface area contributed by atoms with E-state index in [1.165, 1.54) is 19.2 Å². The molecule has 0 bridgehead atoms. The molecule has 0 unspecified atom stereocenters. The van der Waals surface area contributed by atoms with Crippen molar-refractivity contribution in [3.63, 3.8) is 0 Å². The van der Waals surface area contributed by atoms with Gasteiger partial charge < -0.3 is 9.47 Å². The monoisotopic (exact) mass is 475 g/mol. The maximum Gasteiger partial charge on any atom is 0.340 e. The third kappa shape index (κ3) is 5.97. The number of carbonyl (C=O) groups excluding carboxylic acids is 1. The Bertz CT molecular complexity index is 1200. The lowest BCUT2D eigenvalue weighted by Crippen LogP contribution is -2.16. The smallest absolute Gasteiger partial charge is 0.340 e. The SMILES string of the molecule is CC/C=C/c1c(C(C)C)nc(C(C)C)c(C(=O)OC)c1-c1ccc(F)cc1OCc1ccccc1. The van der Waals surface area contributed by atoms with Gasteiger partial charge in [0.1, 0.15) is 18.2 Å². The van der Waals surface area contributed by atoms with Crippen molar-refractivity contribution in [3.05, 3.63) is 88.5 Å². The van der Waals surface area contributed by atoms with Gasteiger partial charge in [0.2, 0.25) is 0 Å². The zero-order valence-corrected chi connectivity index (χ0v) is 21.4. The Labute approximate surface area is 207 Å². The number of hydrogen-bond donors (Lipinski definition) is 0. The van der Waals surface area contributed by atoms with E-state index in [4.69, 9.17) is 14.5 Å². The van der Waals surface area contributed by atoms with Gasteiger partial charge in [-0.15, -0.1) is 0 Å². The lowest BCUT2D eigenvalue weighted by atomic mass is 9.86. The second-order valence-corrected chi connectivity index (χ2v) is 9.07. The first-order chi connectivity index (χ1) is 16.8. The van der Waals surface area contributed by atoms with Crippen molar-refractivity contribution in [3.8, 4) is 16.9 Å². The summed E-state index contributed by atoms with van der Waals surface area (Å²) in [5.74, 6) is -0.455. The fourth-order valence-electron chi connectivity index (χ4n) is 4.04. The number of rotatable bonds is 9. The van der Waals surface area contributed by atoms with Crippen molar-refractivity contribution in [1.29, 1.82) is 0 Å². The van der Waals surface area contributed by atoms with Gasteiger partial charge in [-0.2, -0.15) is 0 Å². The first-order valence-corrected chi connectivity index (χ1v) is 12.1. The van der Waals surface area contributed by atoms with Gasteiger partial charge in [-0.05, 0) is 36.0 Å². The Morgan fingerprint density at radius 2 is 1.71 bits per heavy atom. The van der Waals surface area contributed by atoms with Crippen molar-refractivity contribution in [2.24, 2.45) is 0 Å². The molecule has 0 aliphatic heterocycles. The number of hydrogen-bond acceptors (Lipinski definition) is 4. The van der Waals surface area contributed by atoms with Gasteiger partial charge in [0, 0.05) is 22.8 Å². The van der Waals surface area contributed by atoms with Gasteiger partial charge >= 0.3 is 5.97 Å². The van der Waals surface area contributed by atoms with Gasteiger partial charge in [0.05, 0.1) is 24.1 Å². The number of halogens is 1. The Hall–Kier alpha value is -3.47. The molecule has 1 aromatic heterocycles. The summed E-state index contributed by atoms with van der Waals surface area (Å²) in [5, 5.41) is 0. The minimum Gasteiger partial charge on any atom is -0.488 e. The molecule has 5 heteroatoms. The predicted octanol–water partition coefficient (Wildman–Crippen LogP) is 7.92. The molecule has 4 nitrogen and oxygen atoms in total. The first kappa shape index (κ1) is 26.1. The van der Waals surface area contributed by atoms with Crippen molar-refractivity contribution < 1.29 is 18.7 Å². The molecule has 3 aromatic rings. The van der Waals surface area contributed by atoms with Gasteiger partial charge in [-0.1, -0.05) is 77.1 Å². The molecule has 0 N–H and O–H groups in total. The second kappa shape index (κ2) is 11.8. The van der Waals surface area contributed by atoms with Crippen LogP contribution < -0.4 is 4.74 Å². The van der Waals surface area contributed by atoms with Crippen molar-refractivity contribution in [2.45, 2.75) is 59.5 Å². The maximum atomic E-state index is 14.4. The molecule has 0 fully saturated rings. The van der Waals surface area contributed by atoms with Crippen molar-refractivity contribution in [2.75, 3.05) is 7.11 Å². The van der Waals surface area contributed by atoms with Crippen LogP contribution in [0.2, 0.25) is 0 Å². The number of nitrogens with zero attached hydrogens (tertiary/aromatic N) is 1. The first-order valence-electron chi connectivity index (χ1n) is 12.1. The van der Waals surface area contributed by atoms with Crippen LogP contribution in [0, 0.1) is 5.82 Å². The summed E-state index contributed by atoms with van der Waals surface area (Å²) in [6.07, 6.45) is 4.85. The number of pyridine rings is 1. The number of ether oxygens (including phenoxy) is 2. The van der Waals surface area contributed by atoms with Crippen LogP contribution in [-0.2, 0) is 11.3 Å². The summed E-state index contributed by atoms with van der Waals surface area (Å²) in [7, 11) is 1.37. The van der Waals surface area contributed by atoms with E-state index >= 15 is 0 Å². The van der Waals surface area contributed by atoms with E-state index < -0.39 is 11.8 Å². The number of benzene rings is 2. The number of esters is 1. The van der Waals surface area contributed by atoms with E-state index in [9.17, 15) is 9.18 Å². The molecule has 0 amide bonds. The minimum absolute atomic E-state index is 0.0290. The van der Waals surface area contributed by atoms with E-state index in [1.807, 2.05) is 56.3 Å². The summed E-state index contributed by atoms with van der Waals surface area (Å²) in [6.45, 7) is 10.5. The fraction of sp³-hybridized carbons (Fsp3) is 0.333. The Balaban J connectivity index is 2.37. The quantitative estimate of drug-likeness (QED) is 0.295. The zero-order chi connectivity index (χ0) is 25.5. The molecule has 0 aliphatic rings. The highest BCUT2D eigenvalue weighted by Gasteiger charge is 2.29. The molecule has 35 heavy (non-hydrogen) atoms. The van der Waals surface area contributed by atoms with Crippen LogP contribution in [0.4, 0.5) is 4.39 Å². The summed E-state index contributed by atoms with van der Waals surface area (Å²) < 4.78 is 25.8. The Morgan fingerprint density at radius 3 is 2.31 bits per heavy atom. The molecule has 0 atom stereocenters. The Morgan fingerprint density at radius 1 is 1.03 bits per heavy atom. The lowest BCUT2D eigenvalue weighted by molar-refractivity contribution is 0.0599. The molecule has 0 spiro atoms. The third-order valence-electron chi connectivity index (χ3n) is 5.75. The highest BCUT2D eigenvalue weighted by molar-refractivity contribution is 6.02. The lowest BCUT2D eigenvalue weighted by Gasteiger charge is -2.23. The molecule has 0 aliphatic carbocycles. The molecule has 3 rings (SSSR count). The standard InChI is InChI=1S/C30H34FNO3/c1-7-8-14-24-26(27(30(33)34-6)29(20(4)5)32-28(24)19(2)3)23-16-15-22(31)17-25(23)35-18-21-12-10-9-11-13-21/h8-17,19-20H,7,18H2,1-6H3/b14-8+. The molecule has 0 saturated heterocycles. The van der Waals surface area contributed by atoms with Gasteiger partial charge in [0.15, 0.2) is 0 Å². The van der Waals surface area contributed by atoms with Crippen LogP contribution >= 0.6 is 0 Å². The zero-order valence-electron chi connectivity index (χ0n) is 21.4. The number of aromatic nitrogens is 1. The summed E-state index contributed by atoms with van der Waals surface area (Å²) in [4.78, 5) is 18.2. The normalized spacial score (nSPS) is 11.5. The maximum absolute atomic E-state index is 14.4. The van der Waals surface area contributed by atoms with Crippen LogP contribution in [0.15, 0.2) is 54.6 Å². The highest BCUT2D eigenvalue weighted by Crippen LogP contribution is 2.42. The molecule has 0 radical (unpaired) electrons. The number of carbonyl (C=O) groups is 1. The summed E-state index contributed by atoms with van der Waals surface area (Å²) >= 11 is 0. The third-order valence-corrected chi connectivity index (χ3v) is 5.75. The number of allylic oxidation sites excluding steroid dienone is 1. The van der Waals surface area contributed by atoms with Gasteiger partial charge in [-0.3, -0.25) is 4.98 Å². The largest absolute Gasteiger partial charge is 0.488 e. The molecule has 184 valence electrons. The van der Waals surface area contributed by atoms with Gasteiger partial charge in [0.25, 0.3) is 0 Å². The van der Waals surface area contributed by atoms with Crippen molar-refractivity contribution >= 4 is 12.0 Å². The highest BCUT2D eigenvalue weighted by atomic mass is 19.1. The number of methoxy groups -OCH3 is 1. The van der Waals surface area contributed by atoms with Crippen LogP contribution in [0.3, 0.4) is 0 Å². The molecular formula is C30H34FNO3. The fourth-order valence-corrected chi connectivity index (χ4v) is 4.04. The van der Waals surface area contributed by atoms with E-state index in [-0.39, 0.29) is 18.4 Å².